The van der Waals surface area contributed by atoms with Crippen molar-refractivity contribution in [1.29, 1.82) is 0 Å². The summed E-state index contributed by atoms with van der Waals surface area (Å²) in [5.74, 6) is 0.984. The Bertz CT molecular complexity index is 837. The minimum atomic E-state index is 0. The number of benzene rings is 1. The average molecular weight is 467 g/mol. The van der Waals surface area contributed by atoms with E-state index in [0.29, 0.717) is 12.6 Å². The lowest BCUT2D eigenvalue weighted by Gasteiger charge is -2.32. The summed E-state index contributed by atoms with van der Waals surface area (Å²) in [5.41, 5.74) is 3.78. The first-order valence-electron chi connectivity index (χ1n) is 10.5. The van der Waals surface area contributed by atoms with E-state index >= 15 is 0 Å². The molecule has 1 aromatic carbocycles. The monoisotopic (exact) mass is 466 g/mol. The van der Waals surface area contributed by atoms with E-state index in [1.54, 1.807) is 6.20 Å². The van der Waals surface area contributed by atoms with E-state index in [-0.39, 0.29) is 30.7 Å². The van der Waals surface area contributed by atoms with Crippen LogP contribution in [0.5, 0.6) is 5.75 Å². The lowest BCUT2D eigenvalue weighted by molar-refractivity contribution is 0.0773. The number of aryl methyl sites for hydroxylation is 2. The summed E-state index contributed by atoms with van der Waals surface area (Å²) < 4.78 is 6.03. The second kappa shape index (κ2) is 11.7. The molecule has 2 aromatic rings. The number of carbonyl (C=O) groups excluding carboxylic acids is 1. The Labute approximate surface area is 197 Å². The molecule has 2 saturated heterocycles. The summed E-state index contributed by atoms with van der Waals surface area (Å²) in [5, 5.41) is 3.40. The molecule has 2 aliphatic heterocycles. The number of aromatic nitrogens is 1. The van der Waals surface area contributed by atoms with Crippen LogP contribution in [-0.4, -0.2) is 66.0 Å². The molecule has 2 fully saturated rings. The van der Waals surface area contributed by atoms with Gasteiger partial charge in [0.2, 0.25) is 0 Å². The van der Waals surface area contributed by atoms with Crippen LogP contribution in [0.15, 0.2) is 36.7 Å². The molecule has 4 rings (SSSR count). The van der Waals surface area contributed by atoms with Crippen LogP contribution in [0.3, 0.4) is 0 Å². The number of pyridine rings is 1. The van der Waals surface area contributed by atoms with Crippen molar-refractivity contribution in [3.05, 3.63) is 58.9 Å². The number of hydrogen-bond donors (Lipinski definition) is 1. The van der Waals surface area contributed by atoms with Crippen LogP contribution in [0.4, 0.5) is 0 Å². The van der Waals surface area contributed by atoms with Gasteiger partial charge < -0.3 is 15.0 Å². The number of piperazine rings is 1. The number of carbonyl (C=O) groups is 1. The van der Waals surface area contributed by atoms with Crippen LogP contribution in [-0.2, 0) is 6.61 Å². The zero-order chi connectivity index (χ0) is 20.2. The van der Waals surface area contributed by atoms with Gasteiger partial charge in [0, 0.05) is 68.8 Å². The quantitative estimate of drug-likeness (QED) is 0.732. The number of halogens is 2. The Morgan fingerprint density at radius 1 is 1.16 bits per heavy atom. The van der Waals surface area contributed by atoms with Crippen LogP contribution in [0.1, 0.15) is 33.5 Å². The summed E-state index contributed by atoms with van der Waals surface area (Å²) in [6, 6.07) is 8.32. The number of rotatable bonds is 5. The molecular weight excluding hydrogens is 435 g/mol. The predicted octanol–water partition coefficient (Wildman–Crippen LogP) is 3.24. The molecule has 2 aliphatic rings. The molecule has 1 unspecified atom stereocenters. The van der Waals surface area contributed by atoms with Gasteiger partial charge in [0.15, 0.2) is 0 Å². The van der Waals surface area contributed by atoms with E-state index < -0.39 is 0 Å². The maximum Gasteiger partial charge on any atom is 0.253 e. The lowest BCUT2D eigenvalue weighted by atomic mass is 10.0. The van der Waals surface area contributed by atoms with E-state index in [9.17, 15) is 4.79 Å². The fraction of sp³-hybridized carbons (Fsp3) is 0.478. The summed E-state index contributed by atoms with van der Waals surface area (Å²) >= 11 is 0. The van der Waals surface area contributed by atoms with Gasteiger partial charge in [-0.2, -0.15) is 0 Å². The Morgan fingerprint density at radius 2 is 1.87 bits per heavy atom. The molecule has 0 saturated carbocycles. The molecule has 0 aliphatic carbocycles. The molecular formula is C23H32Cl2N4O2. The minimum Gasteiger partial charge on any atom is -0.488 e. The Balaban J connectivity index is 0.00000171. The summed E-state index contributed by atoms with van der Waals surface area (Å²) in [6.45, 7) is 10.4. The van der Waals surface area contributed by atoms with Gasteiger partial charge in [-0.3, -0.25) is 14.7 Å². The van der Waals surface area contributed by atoms with E-state index in [2.05, 4.69) is 15.2 Å². The first kappa shape index (κ1) is 25.4. The SMILES string of the molecule is Cc1cc(C(=O)N2CCC(N3CCNCC3)C2)cc(C)c1OCc1cccnc1.Cl.Cl. The van der Waals surface area contributed by atoms with Gasteiger partial charge in [-0.05, 0) is 49.6 Å². The highest BCUT2D eigenvalue weighted by molar-refractivity contribution is 5.95. The van der Waals surface area contributed by atoms with Crippen molar-refractivity contribution in [3.63, 3.8) is 0 Å². The van der Waals surface area contributed by atoms with E-state index in [0.717, 1.165) is 73.7 Å². The first-order chi connectivity index (χ1) is 14.1. The van der Waals surface area contributed by atoms with E-state index in [4.69, 9.17) is 4.74 Å². The standard InChI is InChI=1S/C23H30N4O2.2ClH/c1-17-12-20(13-18(2)22(17)29-16-19-4-3-6-25-14-19)23(28)27-9-5-21(15-27)26-10-7-24-8-11-26;;/h3-4,6,12-14,21,24H,5,7-11,15-16H2,1-2H3;2*1H. The summed E-state index contributed by atoms with van der Waals surface area (Å²) in [7, 11) is 0. The van der Waals surface area contributed by atoms with Crippen LogP contribution in [0.2, 0.25) is 0 Å². The summed E-state index contributed by atoms with van der Waals surface area (Å²) in [6.07, 6.45) is 4.63. The van der Waals surface area contributed by atoms with Gasteiger partial charge in [-0.25, -0.2) is 0 Å². The molecule has 3 heterocycles. The molecule has 1 atom stereocenters. The highest BCUT2D eigenvalue weighted by Gasteiger charge is 2.31. The number of ether oxygens (including phenoxy) is 1. The van der Waals surface area contributed by atoms with Crippen molar-refractivity contribution in [2.24, 2.45) is 0 Å². The van der Waals surface area contributed by atoms with Crippen LogP contribution >= 0.6 is 24.8 Å². The molecule has 8 heteroatoms. The van der Waals surface area contributed by atoms with Gasteiger partial charge in [0.1, 0.15) is 12.4 Å². The molecule has 1 N–H and O–H groups in total. The second-order valence-electron chi connectivity index (χ2n) is 8.07. The van der Waals surface area contributed by atoms with Gasteiger partial charge in [0.05, 0.1) is 0 Å². The van der Waals surface area contributed by atoms with Crippen LogP contribution < -0.4 is 10.1 Å². The van der Waals surface area contributed by atoms with Crippen molar-refractivity contribution >= 4 is 30.7 Å². The first-order valence-corrected chi connectivity index (χ1v) is 10.5. The maximum atomic E-state index is 13.1. The Morgan fingerprint density at radius 3 is 2.52 bits per heavy atom. The van der Waals surface area contributed by atoms with Crippen molar-refractivity contribution in [1.82, 2.24) is 20.1 Å². The number of nitrogens with one attached hydrogen (secondary N) is 1. The van der Waals surface area contributed by atoms with Gasteiger partial charge in [0.25, 0.3) is 5.91 Å². The number of likely N-dealkylation sites (tertiary alicyclic amines) is 1. The van der Waals surface area contributed by atoms with Gasteiger partial charge in [-0.15, -0.1) is 24.8 Å². The second-order valence-corrected chi connectivity index (χ2v) is 8.07. The Hall–Kier alpha value is -1.86. The molecule has 0 bridgehead atoms. The van der Waals surface area contributed by atoms with Crippen LogP contribution in [0, 0.1) is 13.8 Å². The molecule has 31 heavy (non-hydrogen) atoms. The highest BCUT2D eigenvalue weighted by Crippen LogP contribution is 2.27. The smallest absolute Gasteiger partial charge is 0.253 e. The van der Waals surface area contributed by atoms with Crippen molar-refractivity contribution in [2.75, 3.05) is 39.3 Å². The number of amides is 1. The molecule has 0 radical (unpaired) electrons. The third kappa shape index (κ3) is 6.10. The normalized spacial score (nSPS) is 18.8. The largest absolute Gasteiger partial charge is 0.488 e. The fourth-order valence-electron chi connectivity index (χ4n) is 4.39. The van der Waals surface area contributed by atoms with E-state index in [1.807, 2.05) is 49.2 Å². The number of hydrogen-bond acceptors (Lipinski definition) is 5. The highest BCUT2D eigenvalue weighted by atomic mass is 35.5. The van der Waals surface area contributed by atoms with Crippen molar-refractivity contribution < 1.29 is 9.53 Å². The molecule has 6 nitrogen and oxygen atoms in total. The third-order valence-corrected chi connectivity index (χ3v) is 5.93. The number of nitrogens with zero attached hydrogens (tertiary/aromatic N) is 3. The summed E-state index contributed by atoms with van der Waals surface area (Å²) in [4.78, 5) is 21.8. The fourth-order valence-corrected chi connectivity index (χ4v) is 4.39. The molecule has 1 aromatic heterocycles. The topological polar surface area (TPSA) is 57.7 Å². The van der Waals surface area contributed by atoms with Crippen molar-refractivity contribution in [2.45, 2.75) is 32.9 Å². The minimum absolute atomic E-state index is 0. The zero-order valence-corrected chi connectivity index (χ0v) is 19.8. The maximum absolute atomic E-state index is 13.1. The molecule has 170 valence electrons. The average Bonchev–Trinajstić information content (AvgIpc) is 3.24. The van der Waals surface area contributed by atoms with E-state index in [1.165, 1.54) is 0 Å². The zero-order valence-electron chi connectivity index (χ0n) is 18.2. The van der Waals surface area contributed by atoms with Crippen molar-refractivity contribution in [3.8, 4) is 5.75 Å². The lowest BCUT2D eigenvalue weighted by Crippen LogP contribution is -2.49. The Kier molecular flexibility index (Phi) is 9.56. The molecule has 0 spiro atoms. The third-order valence-electron chi connectivity index (χ3n) is 5.93. The van der Waals surface area contributed by atoms with Gasteiger partial charge in [-0.1, -0.05) is 6.07 Å². The van der Waals surface area contributed by atoms with Gasteiger partial charge >= 0.3 is 0 Å². The predicted molar refractivity (Wildman–Crippen MR) is 128 cm³/mol. The van der Waals surface area contributed by atoms with Crippen LogP contribution in [0.25, 0.3) is 0 Å². The molecule has 1 amide bonds.